The van der Waals surface area contributed by atoms with Gasteiger partial charge in [-0.2, -0.15) is 0 Å². The summed E-state index contributed by atoms with van der Waals surface area (Å²) >= 11 is 1.55. The molecule has 3 rings (SSSR count). The Kier molecular flexibility index (Phi) is 7.91. The van der Waals surface area contributed by atoms with Crippen LogP contribution in [0.4, 0.5) is 0 Å². The first kappa shape index (κ1) is 21.4. The van der Waals surface area contributed by atoms with Crippen molar-refractivity contribution in [3.05, 3.63) is 78.6 Å². The molecule has 8 heteroatoms. The van der Waals surface area contributed by atoms with Gasteiger partial charge in [0.25, 0.3) is 5.91 Å². The molecule has 0 saturated heterocycles. The van der Waals surface area contributed by atoms with Crippen molar-refractivity contribution in [2.45, 2.75) is 18.2 Å². The molecule has 3 aromatic rings. The van der Waals surface area contributed by atoms with Crippen molar-refractivity contribution in [2.75, 3.05) is 19.5 Å². The van der Waals surface area contributed by atoms with Crippen LogP contribution in [0.2, 0.25) is 0 Å². The van der Waals surface area contributed by atoms with Crippen LogP contribution in [0.1, 0.15) is 16.2 Å². The summed E-state index contributed by atoms with van der Waals surface area (Å²) in [7, 11) is 1.59. The number of amides is 1. The fourth-order valence-electron chi connectivity index (χ4n) is 2.68. The summed E-state index contributed by atoms with van der Waals surface area (Å²) in [5, 5.41) is 12.1. The van der Waals surface area contributed by atoms with Crippen LogP contribution in [0, 0.1) is 0 Å². The molecule has 1 aromatic heterocycles. The van der Waals surface area contributed by atoms with E-state index in [1.54, 1.807) is 49.2 Å². The van der Waals surface area contributed by atoms with Crippen LogP contribution in [0.5, 0.6) is 11.5 Å². The number of rotatable bonds is 11. The lowest BCUT2D eigenvalue weighted by Crippen LogP contribution is -2.24. The van der Waals surface area contributed by atoms with Crippen LogP contribution in [0.3, 0.4) is 0 Å². The summed E-state index contributed by atoms with van der Waals surface area (Å²) in [5.74, 6) is 2.75. The first-order chi connectivity index (χ1) is 14.7. The number of methoxy groups -OCH3 is 1. The fourth-order valence-corrected chi connectivity index (χ4v) is 3.47. The highest BCUT2D eigenvalue weighted by Gasteiger charge is 2.13. The number of para-hydroxylation sites is 1. The number of hydrogen-bond donors (Lipinski definition) is 1. The van der Waals surface area contributed by atoms with Crippen molar-refractivity contribution >= 4 is 17.7 Å². The average molecular weight is 425 g/mol. The molecule has 0 bridgehead atoms. The molecule has 2 aromatic carbocycles. The minimum absolute atomic E-state index is 0.184. The SMILES string of the molecule is C=CCn1c(CNC(=O)c2ccc(OC)cc2)nnc1SCCOc1ccccc1. The summed E-state index contributed by atoms with van der Waals surface area (Å²) < 4.78 is 12.8. The van der Waals surface area contributed by atoms with Gasteiger partial charge in [0.05, 0.1) is 20.3 Å². The Labute approximate surface area is 180 Å². The molecular formula is C22H24N4O3S. The minimum atomic E-state index is -0.184. The molecule has 156 valence electrons. The van der Waals surface area contributed by atoms with E-state index in [9.17, 15) is 4.79 Å². The summed E-state index contributed by atoms with van der Waals surface area (Å²) in [6, 6.07) is 16.6. The van der Waals surface area contributed by atoms with Gasteiger partial charge in [-0.05, 0) is 36.4 Å². The monoisotopic (exact) mass is 424 g/mol. The number of ether oxygens (including phenoxy) is 2. The molecule has 0 aliphatic carbocycles. The Hall–Kier alpha value is -3.26. The van der Waals surface area contributed by atoms with E-state index in [4.69, 9.17) is 9.47 Å². The Balaban J connectivity index is 1.55. The average Bonchev–Trinajstić information content (AvgIpc) is 3.17. The van der Waals surface area contributed by atoms with E-state index in [-0.39, 0.29) is 12.5 Å². The molecule has 0 spiro atoms. The van der Waals surface area contributed by atoms with Gasteiger partial charge in [0.15, 0.2) is 11.0 Å². The number of thioether (sulfide) groups is 1. The van der Waals surface area contributed by atoms with Gasteiger partial charge < -0.3 is 19.4 Å². The Morgan fingerprint density at radius 3 is 2.60 bits per heavy atom. The van der Waals surface area contributed by atoms with Gasteiger partial charge in [-0.1, -0.05) is 36.0 Å². The third-order valence-electron chi connectivity index (χ3n) is 4.19. The van der Waals surface area contributed by atoms with Crippen LogP contribution < -0.4 is 14.8 Å². The summed E-state index contributed by atoms with van der Waals surface area (Å²) in [6.07, 6.45) is 1.78. The molecular weight excluding hydrogens is 400 g/mol. The third-order valence-corrected chi connectivity index (χ3v) is 5.12. The number of benzene rings is 2. The van der Waals surface area contributed by atoms with Gasteiger partial charge in [0.2, 0.25) is 0 Å². The van der Waals surface area contributed by atoms with E-state index in [0.29, 0.717) is 30.3 Å². The van der Waals surface area contributed by atoms with Crippen molar-refractivity contribution < 1.29 is 14.3 Å². The van der Waals surface area contributed by atoms with Gasteiger partial charge in [-0.3, -0.25) is 4.79 Å². The zero-order chi connectivity index (χ0) is 21.2. The standard InChI is InChI=1S/C22H24N4O3S/c1-3-13-26-20(16-23-21(27)17-9-11-18(28-2)12-10-17)24-25-22(26)30-15-14-29-19-7-5-4-6-8-19/h3-12H,1,13-16H2,2H3,(H,23,27). The van der Waals surface area contributed by atoms with Crippen LogP contribution in [0.25, 0.3) is 0 Å². The van der Waals surface area contributed by atoms with Crippen LogP contribution in [0.15, 0.2) is 72.4 Å². The van der Waals surface area contributed by atoms with Crippen molar-refractivity contribution in [1.29, 1.82) is 0 Å². The predicted octanol–water partition coefficient (Wildman–Crippen LogP) is 3.57. The Morgan fingerprint density at radius 2 is 1.90 bits per heavy atom. The third kappa shape index (κ3) is 5.87. The lowest BCUT2D eigenvalue weighted by atomic mass is 10.2. The number of aromatic nitrogens is 3. The quantitative estimate of drug-likeness (QED) is 0.288. The second kappa shape index (κ2) is 11.1. The Bertz CT molecular complexity index is 958. The number of hydrogen-bond acceptors (Lipinski definition) is 6. The highest BCUT2D eigenvalue weighted by molar-refractivity contribution is 7.99. The zero-order valence-electron chi connectivity index (χ0n) is 16.8. The van der Waals surface area contributed by atoms with E-state index in [1.807, 2.05) is 34.9 Å². The van der Waals surface area contributed by atoms with E-state index >= 15 is 0 Å². The molecule has 0 radical (unpaired) electrons. The van der Waals surface area contributed by atoms with Crippen LogP contribution >= 0.6 is 11.8 Å². The molecule has 0 saturated carbocycles. The van der Waals surface area contributed by atoms with Gasteiger partial charge in [0, 0.05) is 17.9 Å². The lowest BCUT2D eigenvalue weighted by molar-refractivity contribution is 0.0949. The first-order valence-corrected chi connectivity index (χ1v) is 10.5. The van der Waals surface area contributed by atoms with Gasteiger partial charge in [-0.15, -0.1) is 16.8 Å². The maximum Gasteiger partial charge on any atom is 0.251 e. The topological polar surface area (TPSA) is 78.3 Å². The second-order valence-electron chi connectivity index (χ2n) is 6.22. The highest BCUT2D eigenvalue weighted by Crippen LogP contribution is 2.18. The molecule has 1 N–H and O–H groups in total. The van der Waals surface area contributed by atoms with Crippen molar-refractivity contribution in [3.63, 3.8) is 0 Å². The maximum absolute atomic E-state index is 12.4. The van der Waals surface area contributed by atoms with E-state index in [0.717, 1.165) is 16.7 Å². The largest absolute Gasteiger partial charge is 0.497 e. The van der Waals surface area contributed by atoms with Gasteiger partial charge in [-0.25, -0.2) is 0 Å². The predicted molar refractivity (Wildman–Crippen MR) is 117 cm³/mol. The Morgan fingerprint density at radius 1 is 1.13 bits per heavy atom. The molecule has 0 fully saturated rings. The number of carbonyl (C=O) groups excluding carboxylic acids is 1. The number of nitrogens with zero attached hydrogens (tertiary/aromatic N) is 3. The fraction of sp³-hybridized carbons (Fsp3) is 0.227. The van der Waals surface area contributed by atoms with Gasteiger partial charge in [0.1, 0.15) is 11.5 Å². The summed E-state index contributed by atoms with van der Waals surface area (Å²) in [4.78, 5) is 12.4. The molecule has 1 heterocycles. The van der Waals surface area contributed by atoms with E-state index in [1.165, 1.54) is 0 Å². The zero-order valence-corrected chi connectivity index (χ0v) is 17.6. The molecule has 0 aliphatic heterocycles. The molecule has 30 heavy (non-hydrogen) atoms. The molecule has 0 unspecified atom stereocenters. The van der Waals surface area contributed by atoms with Gasteiger partial charge >= 0.3 is 0 Å². The molecule has 0 aliphatic rings. The second-order valence-corrected chi connectivity index (χ2v) is 7.28. The van der Waals surface area contributed by atoms with Crippen molar-refractivity contribution in [2.24, 2.45) is 0 Å². The van der Waals surface area contributed by atoms with Crippen molar-refractivity contribution in [3.8, 4) is 11.5 Å². The highest BCUT2D eigenvalue weighted by atomic mass is 32.2. The van der Waals surface area contributed by atoms with Crippen LogP contribution in [-0.4, -0.2) is 40.1 Å². The van der Waals surface area contributed by atoms with Crippen molar-refractivity contribution in [1.82, 2.24) is 20.1 Å². The maximum atomic E-state index is 12.4. The number of nitrogens with one attached hydrogen (secondary N) is 1. The minimum Gasteiger partial charge on any atom is -0.497 e. The molecule has 7 nitrogen and oxygen atoms in total. The molecule has 0 atom stereocenters. The van der Waals surface area contributed by atoms with E-state index in [2.05, 4.69) is 22.1 Å². The normalized spacial score (nSPS) is 10.4. The summed E-state index contributed by atoms with van der Waals surface area (Å²) in [5.41, 5.74) is 0.554. The lowest BCUT2D eigenvalue weighted by Gasteiger charge is -2.09. The number of allylic oxidation sites excluding steroid dienone is 1. The first-order valence-electron chi connectivity index (χ1n) is 9.47. The number of carbonyl (C=O) groups is 1. The van der Waals surface area contributed by atoms with E-state index < -0.39 is 0 Å². The summed E-state index contributed by atoms with van der Waals surface area (Å²) in [6.45, 7) is 5.19. The smallest absolute Gasteiger partial charge is 0.251 e. The van der Waals surface area contributed by atoms with Crippen LogP contribution in [-0.2, 0) is 13.1 Å². The molecule has 1 amide bonds.